The second-order valence-corrected chi connectivity index (χ2v) is 5.35. The van der Waals surface area contributed by atoms with Crippen molar-refractivity contribution in [3.05, 3.63) is 23.8 Å². The number of nitrogens with one attached hydrogen (secondary N) is 1. The molecule has 0 saturated carbocycles. The predicted molar refractivity (Wildman–Crippen MR) is 72.3 cm³/mol. The molecular formula is C13H18N2S. The van der Waals surface area contributed by atoms with Gasteiger partial charge in [-0.2, -0.15) is 0 Å². The average molecular weight is 234 g/mol. The summed E-state index contributed by atoms with van der Waals surface area (Å²) in [6, 6.07) is 6.94. The first-order valence-electron chi connectivity index (χ1n) is 5.82. The van der Waals surface area contributed by atoms with Crippen molar-refractivity contribution in [2.75, 3.05) is 5.32 Å². The van der Waals surface area contributed by atoms with Gasteiger partial charge in [0.1, 0.15) is 0 Å². The number of thiazole rings is 1. The van der Waals surface area contributed by atoms with Gasteiger partial charge in [0.05, 0.1) is 10.2 Å². The van der Waals surface area contributed by atoms with Crippen molar-refractivity contribution in [2.24, 2.45) is 0 Å². The molecule has 0 aliphatic carbocycles. The van der Waals surface area contributed by atoms with E-state index in [4.69, 9.17) is 0 Å². The predicted octanol–water partition coefficient (Wildman–Crippen LogP) is 4.21. The van der Waals surface area contributed by atoms with Crippen molar-refractivity contribution in [2.45, 2.75) is 39.7 Å². The number of rotatable bonds is 4. The monoisotopic (exact) mass is 234 g/mol. The lowest BCUT2D eigenvalue weighted by Gasteiger charge is -2.10. The minimum atomic E-state index is 0.506. The van der Waals surface area contributed by atoms with E-state index in [0.717, 1.165) is 10.6 Å². The average Bonchev–Trinajstić information content (AvgIpc) is 2.59. The zero-order chi connectivity index (χ0) is 11.5. The van der Waals surface area contributed by atoms with Crippen LogP contribution in [0.15, 0.2) is 18.2 Å². The normalized spacial score (nSPS) is 12.9. The van der Waals surface area contributed by atoms with Crippen LogP contribution in [0.2, 0.25) is 0 Å². The van der Waals surface area contributed by atoms with Gasteiger partial charge in [-0.05, 0) is 38.0 Å². The number of hydrogen-bond donors (Lipinski definition) is 1. The van der Waals surface area contributed by atoms with E-state index in [1.165, 1.54) is 23.1 Å². The van der Waals surface area contributed by atoms with Gasteiger partial charge < -0.3 is 5.32 Å². The van der Waals surface area contributed by atoms with Gasteiger partial charge in [-0.1, -0.05) is 30.7 Å². The number of benzene rings is 1. The highest BCUT2D eigenvalue weighted by molar-refractivity contribution is 7.22. The molecule has 0 saturated heterocycles. The van der Waals surface area contributed by atoms with Crippen LogP contribution in [0.1, 0.15) is 32.3 Å². The molecular weight excluding hydrogens is 216 g/mol. The van der Waals surface area contributed by atoms with Gasteiger partial charge in [-0.3, -0.25) is 0 Å². The number of anilines is 1. The third-order valence-corrected chi connectivity index (χ3v) is 3.60. The lowest BCUT2D eigenvalue weighted by atomic mass is 10.2. The Morgan fingerprint density at radius 2 is 2.25 bits per heavy atom. The summed E-state index contributed by atoms with van der Waals surface area (Å²) >= 11 is 1.74. The standard InChI is InChI=1S/C13H18N2S/c1-4-5-10(3)14-13-15-11-8-9(2)6-7-12(11)16-13/h6-8,10H,4-5H2,1-3H3,(H,14,15). The maximum Gasteiger partial charge on any atom is 0.183 e. The fourth-order valence-electron chi connectivity index (χ4n) is 1.82. The molecule has 2 nitrogen and oxygen atoms in total. The van der Waals surface area contributed by atoms with Gasteiger partial charge in [-0.15, -0.1) is 0 Å². The Labute approximate surface area is 101 Å². The minimum Gasteiger partial charge on any atom is -0.359 e. The third kappa shape index (κ3) is 2.53. The van der Waals surface area contributed by atoms with Crippen molar-refractivity contribution in [1.82, 2.24) is 4.98 Å². The molecule has 0 amide bonds. The first kappa shape index (κ1) is 11.4. The van der Waals surface area contributed by atoms with E-state index in [0.29, 0.717) is 6.04 Å². The highest BCUT2D eigenvalue weighted by Gasteiger charge is 2.06. The molecule has 86 valence electrons. The van der Waals surface area contributed by atoms with E-state index in [1.807, 2.05) is 0 Å². The molecule has 0 bridgehead atoms. The maximum atomic E-state index is 4.60. The molecule has 1 aromatic heterocycles. The smallest absolute Gasteiger partial charge is 0.183 e. The summed E-state index contributed by atoms with van der Waals surface area (Å²) in [6.45, 7) is 6.52. The summed E-state index contributed by atoms with van der Waals surface area (Å²) < 4.78 is 1.26. The Kier molecular flexibility index (Phi) is 3.44. The van der Waals surface area contributed by atoms with Crippen molar-refractivity contribution in [3.63, 3.8) is 0 Å². The van der Waals surface area contributed by atoms with Crippen molar-refractivity contribution in [3.8, 4) is 0 Å². The van der Waals surface area contributed by atoms with Gasteiger partial charge in [0, 0.05) is 6.04 Å². The molecule has 2 aromatic rings. The molecule has 0 fully saturated rings. The SMILES string of the molecule is CCCC(C)Nc1nc2cc(C)ccc2s1. The van der Waals surface area contributed by atoms with E-state index in [-0.39, 0.29) is 0 Å². The van der Waals surface area contributed by atoms with Crippen molar-refractivity contribution in [1.29, 1.82) is 0 Å². The summed E-state index contributed by atoms with van der Waals surface area (Å²) in [7, 11) is 0. The number of nitrogens with zero attached hydrogens (tertiary/aromatic N) is 1. The molecule has 1 N–H and O–H groups in total. The Balaban J connectivity index is 2.19. The van der Waals surface area contributed by atoms with Crippen LogP contribution in [0.3, 0.4) is 0 Å². The Morgan fingerprint density at radius 1 is 1.44 bits per heavy atom. The van der Waals surface area contributed by atoms with Crippen LogP contribution in [-0.2, 0) is 0 Å². The topological polar surface area (TPSA) is 24.9 Å². The summed E-state index contributed by atoms with van der Waals surface area (Å²) in [6.07, 6.45) is 2.40. The largest absolute Gasteiger partial charge is 0.359 e. The molecule has 1 atom stereocenters. The van der Waals surface area contributed by atoms with Crippen LogP contribution in [0.4, 0.5) is 5.13 Å². The number of hydrogen-bond acceptors (Lipinski definition) is 3. The van der Waals surface area contributed by atoms with E-state index in [2.05, 4.69) is 49.3 Å². The first-order chi connectivity index (χ1) is 7.69. The lowest BCUT2D eigenvalue weighted by molar-refractivity contribution is 0.690. The molecule has 1 aromatic carbocycles. The first-order valence-corrected chi connectivity index (χ1v) is 6.64. The van der Waals surface area contributed by atoms with E-state index < -0.39 is 0 Å². The Morgan fingerprint density at radius 3 is 3.00 bits per heavy atom. The number of aryl methyl sites for hydroxylation is 1. The molecule has 2 rings (SSSR count). The third-order valence-electron chi connectivity index (χ3n) is 2.63. The van der Waals surface area contributed by atoms with Crippen LogP contribution < -0.4 is 5.32 Å². The lowest BCUT2D eigenvalue weighted by Crippen LogP contribution is -2.13. The summed E-state index contributed by atoms with van der Waals surface area (Å²) in [5.41, 5.74) is 2.38. The molecule has 3 heteroatoms. The minimum absolute atomic E-state index is 0.506. The van der Waals surface area contributed by atoms with E-state index in [9.17, 15) is 0 Å². The van der Waals surface area contributed by atoms with Gasteiger partial charge in [0.15, 0.2) is 5.13 Å². The second kappa shape index (κ2) is 4.83. The van der Waals surface area contributed by atoms with Gasteiger partial charge in [-0.25, -0.2) is 4.98 Å². The fourth-order valence-corrected chi connectivity index (χ4v) is 2.77. The van der Waals surface area contributed by atoms with Gasteiger partial charge in [0.25, 0.3) is 0 Å². The Bertz CT molecular complexity index is 476. The molecule has 0 radical (unpaired) electrons. The van der Waals surface area contributed by atoms with Gasteiger partial charge in [0.2, 0.25) is 0 Å². The molecule has 1 unspecified atom stereocenters. The maximum absolute atomic E-state index is 4.60. The molecule has 0 aliphatic heterocycles. The second-order valence-electron chi connectivity index (χ2n) is 4.32. The number of fused-ring (bicyclic) bond motifs is 1. The molecule has 16 heavy (non-hydrogen) atoms. The van der Waals surface area contributed by atoms with Crippen LogP contribution in [-0.4, -0.2) is 11.0 Å². The Hall–Kier alpha value is -1.09. The molecule has 0 aliphatic rings. The number of aromatic nitrogens is 1. The quantitative estimate of drug-likeness (QED) is 0.857. The fraction of sp³-hybridized carbons (Fsp3) is 0.462. The molecule has 1 heterocycles. The van der Waals surface area contributed by atoms with E-state index >= 15 is 0 Å². The van der Waals surface area contributed by atoms with Crippen LogP contribution in [0, 0.1) is 6.92 Å². The summed E-state index contributed by atoms with van der Waals surface area (Å²) in [5, 5.41) is 4.50. The van der Waals surface area contributed by atoms with Crippen LogP contribution in [0.25, 0.3) is 10.2 Å². The van der Waals surface area contributed by atoms with Crippen LogP contribution in [0.5, 0.6) is 0 Å². The summed E-state index contributed by atoms with van der Waals surface area (Å²) in [4.78, 5) is 4.60. The van der Waals surface area contributed by atoms with Crippen molar-refractivity contribution >= 4 is 26.7 Å². The highest BCUT2D eigenvalue weighted by Crippen LogP contribution is 2.27. The highest BCUT2D eigenvalue weighted by atomic mass is 32.1. The summed E-state index contributed by atoms with van der Waals surface area (Å²) in [5.74, 6) is 0. The zero-order valence-electron chi connectivity index (χ0n) is 10.1. The van der Waals surface area contributed by atoms with Gasteiger partial charge >= 0.3 is 0 Å². The van der Waals surface area contributed by atoms with Crippen LogP contribution >= 0.6 is 11.3 Å². The van der Waals surface area contributed by atoms with Crippen molar-refractivity contribution < 1.29 is 0 Å². The zero-order valence-corrected chi connectivity index (χ0v) is 10.9. The van der Waals surface area contributed by atoms with E-state index in [1.54, 1.807) is 11.3 Å². The molecule has 0 spiro atoms.